The summed E-state index contributed by atoms with van der Waals surface area (Å²) >= 11 is 0. The number of carbonyl (C=O) groups excluding carboxylic acids is 1. The van der Waals surface area contributed by atoms with E-state index in [0.717, 1.165) is 53.7 Å². The summed E-state index contributed by atoms with van der Waals surface area (Å²) in [6.45, 7) is 8.26. The number of carbonyl (C=O) groups is 1. The van der Waals surface area contributed by atoms with Crippen molar-refractivity contribution in [2.45, 2.75) is 52.0 Å². The highest BCUT2D eigenvalue weighted by atomic mass is 16.2. The van der Waals surface area contributed by atoms with Gasteiger partial charge >= 0.3 is 0 Å². The number of aryl methyl sites for hydroxylation is 2. The van der Waals surface area contributed by atoms with Crippen molar-refractivity contribution in [2.75, 3.05) is 26.2 Å². The first kappa shape index (κ1) is 17.5. The van der Waals surface area contributed by atoms with E-state index in [9.17, 15) is 4.79 Å². The van der Waals surface area contributed by atoms with Crippen molar-refractivity contribution in [3.8, 4) is 0 Å². The highest BCUT2D eigenvalue weighted by molar-refractivity contribution is 6.06. The zero-order valence-corrected chi connectivity index (χ0v) is 16.0. The second-order valence-electron chi connectivity index (χ2n) is 7.90. The summed E-state index contributed by atoms with van der Waals surface area (Å²) < 4.78 is 0. The quantitative estimate of drug-likeness (QED) is 0.822. The van der Waals surface area contributed by atoms with Crippen LogP contribution >= 0.6 is 0 Å². The maximum Gasteiger partial charge on any atom is 0.254 e. The number of para-hydroxylation sites is 1. The summed E-state index contributed by atoms with van der Waals surface area (Å²) in [6.07, 6.45) is 6.25. The highest BCUT2D eigenvalue weighted by Crippen LogP contribution is 2.26. The maximum atomic E-state index is 13.2. The van der Waals surface area contributed by atoms with Crippen molar-refractivity contribution in [1.29, 1.82) is 0 Å². The Morgan fingerprint density at radius 1 is 1.04 bits per heavy atom. The Morgan fingerprint density at radius 3 is 2.50 bits per heavy atom. The Bertz CT molecular complexity index is 802. The average Bonchev–Trinajstić information content (AvgIpc) is 2.68. The van der Waals surface area contributed by atoms with Crippen molar-refractivity contribution in [3.05, 3.63) is 41.1 Å². The Hall–Kier alpha value is -1.94. The van der Waals surface area contributed by atoms with E-state index in [1.54, 1.807) is 0 Å². The first-order chi connectivity index (χ1) is 12.6. The summed E-state index contributed by atoms with van der Waals surface area (Å²) in [7, 11) is 0. The van der Waals surface area contributed by atoms with E-state index in [-0.39, 0.29) is 5.91 Å². The number of rotatable bonds is 2. The van der Waals surface area contributed by atoms with Gasteiger partial charge in [-0.25, -0.2) is 0 Å². The summed E-state index contributed by atoms with van der Waals surface area (Å²) in [6, 6.07) is 8.74. The minimum Gasteiger partial charge on any atom is -0.339 e. The molecule has 4 heteroatoms. The molecule has 0 aliphatic carbocycles. The van der Waals surface area contributed by atoms with Crippen molar-refractivity contribution >= 4 is 16.8 Å². The number of hydrogen-bond acceptors (Lipinski definition) is 3. The van der Waals surface area contributed by atoms with Gasteiger partial charge in [0, 0.05) is 30.2 Å². The van der Waals surface area contributed by atoms with Crippen LogP contribution in [0.25, 0.3) is 10.9 Å². The second kappa shape index (κ2) is 7.36. The first-order valence-corrected chi connectivity index (χ1v) is 10.0. The van der Waals surface area contributed by atoms with Crippen LogP contribution in [0.4, 0.5) is 0 Å². The third kappa shape index (κ3) is 3.35. The molecule has 4 rings (SSSR count). The molecule has 2 aromatic rings. The monoisotopic (exact) mass is 351 g/mol. The molecule has 1 amide bonds. The molecule has 0 unspecified atom stereocenters. The summed E-state index contributed by atoms with van der Waals surface area (Å²) in [4.78, 5) is 22.6. The van der Waals surface area contributed by atoms with E-state index in [2.05, 4.69) is 27.8 Å². The Balaban J connectivity index is 1.52. The van der Waals surface area contributed by atoms with Gasteiger partial charge in [0.2, 0.25) is 0 Å². The van der Waals surface area contributed by atoms with Crippen LogP contribution in [-0.4, -0.2) is 52.9 Å². The van der Waals surface area contributed by atoms with Gasteiger partial charge in [0.25, 0.3) is 5.91 Å². The van der Waals surface area contributed by atoms with Gasteiger partial charge in [-0.15, -0.1) is 0 Å². The minimum absolute atomic E-state index is 0.170. The lowest BCUT2D eigenvalue weighted by Crippen LogP contribution is -2.48. The largest absolute Gasteiger partial charge is 0.339 e. The number of nitrogens with zero attached hydrogens (tertiary/aromatic N) is 3. The molecule has 138 valence electrons. The van der Waals surface area contributed by atoms with Crippen LogP contribution in [0.5, 0.6) is 0 Å². The highest BCUT2D eigenvalue weighted by Gasteiger charge is 2.28. The zero-order chi connectivity index (χ0) is 18.1. The van der Waals surface area contributed by atoms with Gasteiger partial charge < -0.3 is 9.80 Å². The normalized spacial score (nSPS) is 19.8. The van der Waals surface area contributed by atoms with Crippen LogP contribution in [-0.2, 0) is 0 Å². The van der Waals surface area contributed by atoms with Crippen LogP contribution in [0.3, 0.4) is 0 Å². The molecule has 0 N–H and O–H groups in total. The van der Waals surface area contributed by atoms with E-state index < -0.39 is 0 Å². The summed E-state index contributed by atoms with van der Waals surface area (Å²) in [5.74, 6) is 0.170. The van der Waals surface area contributed by atoms with E-state index in [1.807, 2.05) is 25.1 Å². The Labute approximate surface area is 156 Å². The maximum absolute atomic E-state index is 13.2. The zero-order valence-electron chi connectivity index (χ0n) is 16.0. The van der Waals surface area contributed by atoms with Gasteiger partial charge in [0.15, 0.2) is 0 Å². The molecule has 0 saturated carbocycles. The van der Waals surface area contributed by atoms with Crippen LogP contribution in [0.15, 0.2) is 24.3 Å². The first-order valence-electron chi connectivity index (χ1n) is 10.0. The van der Waals surface area contributed by atoms with E-state index in [4.69, 9.17) is 0 Å². The predicted octanol–water partition coefficient (Wildman–Crippen LogP) is 3.94. The number of benzene rings is 1. The van der Waals surface area contributed by atoms with Crippen LogP contribution in [0.1, 0.15) is 53.7 Å². The lowest BCUT2D eigenvalue weighted by atomic mass is 9.98. The molecule has 26 heavy (non-hydrogen) atoms. The van der Waals surface area contributed by atoms with Crippen LogP contribution in [0, 0.1) is 13.8 Å². The van der Waals surface area contributed by atoms with Gasteiger partial charge in [-0.05, 0) is 64.3 Å². The molecule has 1 aromatic heterocycles. The molecule has 2 saturated heterocycles. The SMILES string of the molecule is Cc1cc(C(=O)N2CCC(N3CCCCC3)CC2)c2cccc(C)c2n1. The van der Waals surface area contributed by atoms with Crippen LogP contribution < -0.4 is 0 Å². The number of amides is 1. The van der Waals surface area contributed by atoms with E-state index in [0.29, 0.717) is 6.04 Å². The number of hydrogen-bond donors (Lipinski definition) is 0. The number of piperidine rings is 2. The molecule has 2 aliphatic heterocycles. The van der Waals surface area contributed by atoms with Crippen molar-refractivity contribution in [3.63, 3.8) is 0 Å². The van der Waals surface area contributed by atoms with E-state index in [1.165, 1.54) is 32.4 Å². The molecule has 2 fully saturated rings. The number of aromatic nitrogens is 1. The summed E-state index contributed by atoms with van der Waals surface area (Å²) in [5.41, 5.74) is 3.81. The molecule has 2 aliphatic rings. The smallest absolute Gasteiger partial charge is 0.254 e. The standard InChI is InChI=1S/C22H29N3O/c1-16-7-6-8-19-20(15-17(2)23-21(16)19)22(26)25-13-9-18(10-14-25)24-11-4-3-5-12-24/h6-8,15,18H,3-5,9-14H2,1-2H3. The van der Waals surface area contributed by atoms with Crippen molar-refractivity contribution in [1.82, 2.24) is 14.8 Å². The fourth-order valence-corrected chi connectivity index (χ4v) is 4.58. The topological polar surface area (TPSA) is 36.4 Å². The number of pyridine rings is 1. The third-order valence-corrected chi connectivity index (χ3v) is 6.06. The molecular weight excluding hydrogens is 322 g/mol. The number of likely N-dealkylation sites (tertiary alicyclic amines) is 2. The minimum atomic E-state index is 0.170. The molecule has 0 radical (unpaired) electrons. The second-order valence-corrected chi connectivity index (χ2v) is 7.90. The fraction of sp³-hybridized carbons (Fsp3) is 0.545. The molecular formula is C22H29N3O. The van der Waals surface area contributed by atoms with Crippen LogP contribution in [0.2, 0.25) is 0 Å². The fourth-order valence-electron chi connectivity index (χ4n) is 4.58. The lowest BCUT2D eigenvalue weighted by Gasteiger charge is -2.40. The molecule has 0 spiro atoms. The average molecular weight is 351 g/mol. The molecule has 0 atom stereocenters. The summed E-state index contributed by atoms with van der Waals surface area (Å²) in [5, 5.41) is 0.985. The third-order valence-electron chi connectivity index (χ3n) is 6.06. The molecule has 1 aromatic carbocycles. The van der Waals surface area contributed by atoms with Gasteiger partial charge in [-0.3, -0.25) is 9.78 Å². The number of fused-ring (bicyclic) bond motifs is 1. The molecule has 3 heterocycles. The Morgan fingerprint density at radius 2 is 1.77 bits per heavy atom. The molecule has 4 nitrogen and oxygen atoms in total. The van der Waals surface area contributed by atoms with Crippen molar-refractivity contribution < 1.29 is 4.79 Å². The predicted molar refractivity (Wildman–Crippen MR) is 106 cm³/mol. The molecule has 0 bridgehead atoms. The van der Waals surface area contributed by atoms with Gasteiger partial charge in [-0.2, -0.15) is 0 Å². The van der Waals surface area contributed by atoms with Gasteiger partial charge in [0.1, 0.15) is 0 Å². The lowest BCUT2D eigenvalue weighted by molar-refractivity contribution is 0.0591. The van der Waals surface area contributed by atoms with Gasteiger partial charge in [0.05, 0.1) is 11.1 Å². The van der Waals surface area contributed by atoms with E-state index >= 15 is 0 Å². The Kier molecular flexibility index (Phi) is 4.94. The van der Waals surface area contributed by atoms with Crippen molar-refractivity contribution in [2.24, 2.45) is 0 Å². The van der Waals surface area contributed by atoms with Gasteiger partial charge in [-0.1, -0.05) is 24.6 Å².